The van der Waals surface area contributed by atoms with E-state index in [9.17, 15) is 10.1 Å². The summed E-state index contributed by atoms with van der Waals surface area (Å²) in [5.74, 6) is 0. The van der Waals surface area contributed by atoms with E-state index in [1.54, 1.807) is 24.3 Å². The average Bonchev–Trinajstić information content (AvgIpc) is 2.07. The van der Waals surface area contributed by atoms with Crippen LogP contribution in [0.5, 0.6) is 0 Å². The Hall–Kier alpha value is -1.29. The number of rotatable bonds is 3. The van der Waals surface area contributed by atoms with E-state index in [0.29, 0.717) is 5.56 Å². The molecule has 0 aliphatic rings. The van der Waals surface area contributed by atoms with Crippen LogP contribution in [-0.2, 0) is 0 Å². The van der Waals surface area contributed by atoms with Crippen molar-refractivity contribution in [3.63, 3.8) is 0 Å². The monoisotopic (exact) mass is 181 g/mol. The summed E-state index contributed by atoms with van der Waals surface area (Å²) in [7, 11) is 0. The van der Waals surface area contributed by atoms with Gasteiger partial charge in [0, 0.05) is 10.5 Å². The highest BCUT2D eigenvalue weighted by Crippen LogP contribution is 2.13. The Morgan fingerprint density at radius 1 is 1.42 bits per heavy atom. The Morgan fingerprint density at radius 2 is 2.00 bits per heavy atom. The third kappa shape index (κ3) is 1.85. The van der Waals surface area contributed by atoms with E-state index >= 15 is 0 Å². The average molecular weight is 181 g/mol. The van der Waals surface area contributed by atoms with Crippen LogP contribution in [0.4, 0.5) is 0 Å². The molecule has 1 atom stereocenters. The van der Waals surface area contributed by atoms with Gasteiger partial charge in [0.15, 0.2) is 0 Å². The summed E-state index contributed by atoms with van der Waals surface area (Å²) in [6.07, 6.45) is 0. The Labute approximate surface area is 75.2 Å². The smallest absolute Gasteiger partial charge is 0.264 e. The van der Waals surface area contributed by atoms with Gasteiger partial charge < -0.3 is 0 Å². The second kappa shape index (κ2) is 3.92. The molecule has 4 heteroatoms. The molecule has 0 spiro atoms. The van der Waals surface area contributed by atoms with Crippen molar-refractivity contribution in [1.29, 1.82) is 0 Å². The van der Waals surface area contributed by atoms with Gasteiger partial charge in [0.1, 0.15) is 0 Å². The largest absolute Gasteiger partial charge is 0.266 e. The maximum absolute atomic E-state index is 10.4. The second-order valence-electron chi connectivity index (χ2n) is 2.28. The summed E-state index contributed by atoms with van der Waals surface area (Å²) < 4.78 is 0. The lowest BCUT2D eigenvalue weighted by atomic mass is 10.1. The topological polar surface area (TPSA) is 43.1 Å². The molecule has 0 fully saturated rings. The number of hydrogen-bond donors (Lipinski definition) is 0. The quantitative estimate of drug-likeness (QED) is 0.407. The van der Waals surface area contributed by atoms with Crippen molar-refractivity contribution in [3.8, 4) is 0 Å². The van der Waals surface area contributed by atoms with E-state index in [0.717, 1.165) is 5.37 Å². The highest BCUT2D eigenvalue weighted by atomic mass is 32.1. The minimum Gasteiger partial charge on any atom is -0.264 e. The lowest BCUT2D eigenvalue weighted by molar-refractivity contribution is -0.506. The van der Waals surface area contributed by atoms with Crippen molar-refractivity contribution in [2.75, 3.05) is 0 Å². The SMILES string of the molecule is O=[N+]([O-])C(C=S)c1ccccc1. The maximum atomic E-state index is 10.4. The fourth-order valence-electron chi connectivity index (χ4n) is 0.900. The van der Waals surface area contributed by atoms with Gasteiger partial charge in [-0.2, -0.15) is 0 Å². The van der Waals surface area contributed by atoms with Crippen molar-refractivity contribution in [1.82, 2.24) is 0 Å². The molecule has 1 rings (SSSR count). The summed E-state index contributed by atoms with van der Waals surface area (Å²) in [6.45, 7) is 0. The number of benzene rings is 1. The molecule has 1 aromatic rings. The molecule has 0 aromatic heterocycles. The molecule has 1 aromatic carbocycles. The Bertz CT molecular complexity index is 286. The van der Waals surface area contributed by atoms with E-state index in [1.807, 2.05) is 6.07 Å². The van der Waals surface area contributed by atoms with E-state index in [1.165, 1.54) is 0 Å². The summed E-state index contributed by atoms with van der Waals surface area (Å²) in [5.41, 5.74) is 0.623. The van der Waals surface area contributed by atoms with Crippen LogP contribution in [0.3, 0.4) is 0 Å². The maximum Gasteiger partial charge on any atom is 0.266 e. The lowest BCUT2D eigenvalue weighted by Gasteiger charge is -2.01. The zero-order valence-corrected chi connectivity index (χ0v) is 7.03. The van der Waals surface area contributed by atoms with Crippen molar-refractivity contribution in [2.24, 2.45) is 0 Å². The van der Waals surface area contributed by atoms with Crippen LogP contribution in [0.15, 0.2) is 30.3 Å². The molecular formula is C8H7NO2S. The highest BCUT2D eigenvalue weighted by molar-refractivity contribution is 7.79. The van der Waals surface area contributed by atoms with Crippen LogP contribution < -0.4 is 0 Å². The van der Waals surface area contributed by atoms with Crippen molar-refractivity contribution >= 4 is 17.6 Å². The van der Waals surface area contributed by atoms with Gasteiger partial charge in [-0.3, -0.25) is 10.1 Å². The van der Waals surface area contributed by atoms with E-state index in [2.05, 4.69) is 12.2 Å². The van der Waals surface area contributed by atoms with Gasteiger partial charge in [-0.05, 0) is 0 Å². The number of nitro groups is 1. The zero-order chi connectivity index (χ0) is 8.97. The molecule has 1 unspecified atom stereocenters. The van der Waals surface area contributed by atoms with Gasteiger partial charge in [0.25, 0.3) is 6.04 Å². The molecule has 3 nitrogen and oxygen atoms in total. The normalized spacial score (nSPS) is 12.0. The molecule has 0 N–H and O–H groups in total. The minimum absolute atomic E-state index is 0.400. The van der Waals surface area contributed by atoms with Crippen LogP contribution in [0.25, 0.3) is 0 Å². The molecule has 0 aliphatic carbocycles. The van der Waals surface area contributed by atoms with E-state index in [4.69, 9.17) is 0 Å². The first-order valence-corrected chi connectivity index (χ1v) is 3.86. The van der Waals surface area contributed by atoms with Gasteiger partial charge in [-0.15, -0.1) is 0 Å². The molecule has 0 heterocycles. The number of nitrogens with zero attached hydrogens (tertiary/aromatic N) is 1. The Morgan fingerprint density at radius 3 is 2.42 bits per heavy atom. The van der Waals surface area contributed by atoms with Gasteiger partial charge in [-0.25, -0.2) is 0 Å². The van der Waals surface area contributed by atoms with Crippen LogP contribution in [0.1, 0.15) is 11.6 Å². The fraction of sp³-hybridized carbons (Fsp3) is 0.125. The van der Waals surface area contributed by atoms with Crippen LogP contribution >= 0.6 is 12.2 Å². The van der Waals surface area contributed by atoms with Crippen molar-refractivity contribution in [2.45, 2.75) is 6.04 Å². The summed E-state index contributed by atoms with van der Waals surface area (Å²) in [6, 6.07) is 7.84. The molecule has 0 bridgehead atoms. The van der Waals surface area contributed by atoms with Crippen LogP contribution in [0, 0.1) is 10.1 Å². The number of hydrogen-bond acceptors (Lipinski definition) is 3. The first-order valence-electron chi connectivity index (χ1n) is 3.39. The molecule has 0 saturated carbocycles. The molecule has 0 amide bonds. The summed E-state index contributed by atoms with van der Waals surface area (Å²) in [5, 5.41) is 11.6. The summed E-state index contributed by atoms with van der Waals surface area (Å²) >= 11 is 4.57. The third-order valence-corrected chi connectivity index (χ3v) is 1.75. The Kier molecular flexibility index (Phi) is 2.88. The van der Waals surface area contributed by atoms with E-state index < -0.39 is 11.0 Å². The molecule has 62 valence electrons. The lowest BCUT2D eigenvalue weighted by Crippen LogP contribution is -2.10. The van der Waals surface area contributed by atoms with Gasteiger partial charge in [-0.1, -0.05) is 42.5 Å². The van der Waals surface area contributed by atoms with Crippen molar-refractivity contribution in [3.05, 3.63) is 46.0 Å². The van der Waals surface area contributed by atoms with Crippen molar-refractivity contribution < 1.29 is 4.92 Å². The molecular weight excluding hydrogens is 174 g/mol. The zero-order valence-electron chi connectivity index (χ0n) is 6.21. The predicted octanol–water partition coefficient (Wildman–Crippen LogP) is 2.00. The highest BCUT2D eigenvalue weighted by Gasteiger charge is 2.17. The molecule has 0 saturated heterocycles. The van der Waals surface area contributed by atoms with Gasteiger partial charge in [0.2, 0.25) is 0 Å². The standard InChI is InChI=1S/C8H7NO2S/c10-9(11)8(6-12)7-4-2-1-3-5-7/h1-6,8H. The van der Waals surface area contributed by atoms with E-state index in [-0.39, 0.29) is 0 Å². The van der Waals surface area contributed by atoms with Crippen LogP contribution in [0.2, 0.25) is 0 Å². The molecule has 12 heavy (non-hydrogen) atoms. The summed E-state index contributed by atoms with van der Waals surface area (Å²) in [4.78, 5) is 10.0. The minimum atomic E-state index is -0.860. The Balaban J connectivity index is 2.95. The fourth-order valence-corrected chi connectivity index (χ4v) is 1.16. The van der Waals surface area contributed by atoms with Gasteiger partial charge >= 0.3 is 0 Å². The molecule has 0 aliphatic heterocycles. The predicted molar refractivity (Wildman–Crippen MR) is 49.8 cm³/mol. The first kappa shape index (κ1) is 8.80. The first-order chi connectivity index (χ1) is 5.75. The number of thiocarbonyl (C=S) groups is 1. The third-order valence-electron chi connectivity index (χ3n) is 1.50. The second-order valence-corrected chi connectivity index (χ2v) is 2.55. The molecule has 0 radical (unpaired) electrons. The van der Waals surface area contributed by atoms with Gasteiger partial charge in [0.05, 0.1) is 5.37 Å². The van der Waals surface area contributed by atoms with Crippen LogP contribution in [-0.4, -0.2) is 10.3 Å².